The summed E-state index contributed by atoms with van der Waals surface area (Å²) >= 11 is 3.33. The van der Waals surface area contributed by atoms with Gasteiger partial charge in [-0.15, -0.1) is 18.1 Å². The van der Waals surface area contributed by atoms with Crippen LogP contribution in [0.5, 0.6) is 0 Å². The van der Waals surface area contributed by atoms with E-state index >= 15 is 0 Å². The van der Waals surface area contributed by atoms with Crippen LogP contribution in [-0.2, 0) is 5.60 Å². The number of hydrogen-bond acceptors (Lipinski definition) is 1. The maximum absolute atomic E-state index is 10.3. The molecule has 1 aromatic carbocycles. The van der Waals surface area contributed by atoms with Crippen LogP contribution in [-0.4, -0.2) is 5.11 Å². The molecule has 0 bridgehead atoms. The monoisotopic (exact) mass is 262 g/mol. The highest BCUT2D eigenvalue weighted by atomic mass is 79.9. The molecule has 0 saturated heterocycles. The first-order valence-electron chi connectivity index (χ1n) is 4.41. The quantitative estimate of drug-likeness (QED) is 0.656. The van der Waals surface area contributed by atoms with Gasteiger partial charge in [0.15, 0.2) is 0 Å². The van der Waals surface area contributed by atoms with Crippen molar-refractivity contribution in [3.8, 4) is 12.3 Å². The van der Waals surface area contributed by atoms with Crippen molar-refractivity contribution in [1.82, 2.24) is 0 Å². The standard InChI is InChI=1S/C13H11BrO/c1-3-9-13(15,10-4-2)11-5-7-12(14)8-6-11/h1,5-8,10,15H,2,9H2. The topological polar surface area (TPSA) is 20.2 Å². The number of benzene rings is 1. The van der Waals surface area contributed by atoms with Crippen molar-refractivity contribution >= 4 is 15.9 Å². The molecule has 15 heavy (non-hydrogen) atoms. The van der Waals surface area contributed by atoms with E-state index in [1.54, 1.807) is 0 Å². The maximum atomic E-state index is 10.3. The summed E-state index contributed by atoms with van der Waals surface area (Å²) in [7, 11) is 0. The summed E-state index contributed by atoms with van der Waals surface area (Å²) < 4.78 is 0.955. The molecule has 0 radical (unpaired) electrons. The molecule has 0 spiro atoms. The lowest BCUT2D eigenvalue weighted by Crippen LogP contribution is -2.21. The molecule has 1 nitrogen and oxygen atoms in total. The summed E-state index contributed by atoms with van der Waals surface area (Å²) in [5.74, 6) is 2.45. The van der Waals surface area contributed by atoms with Gasteiger partial charge in [0.25, 0.3) is 0 Å². The molecule has 0 heterocycles. The Balaban J connectivity index is 3.15. The van der Waals surface area contributed by atoms with Crippen LogP contribution in [0, 0.1) is 12.3 Å². The van der Waals surface area contributed by atoms with E-state index in [4.69, 9.17) is 6.42 Å². The minimum atomic E-state index is -1.17. The Kier molecular flexibility index (Phi) is 3.94. The molecule has 0 aliphatic carbocycles. The predicted molar refractivity (Wildman–Crippen MR) is 65.2 cm³/mol. The second-order valence-corrected chi connectivity index (χ2v) is 4.08. The molecule has 76 valence electrons. The van der Waals surface area contributed by atoms with Gasteiger partial charge in [0.05, 0.1) is 0 Å². The smallest absolute Gasteiger partial charge is 0.126 e. The lowest BCUT2D eigenvalue weighted by atomic mass is 9.91. The van der Waals surface area contributed by atoms with Crippen LogP contribution >= 0.6 is 15.9 Å². The first-order chi connectivity index (χ1) is 7.12. The van der Waals surface area contributed by atoms with Crippen LogP contribution in [0.15, 0.2) is 47.1 Å². The lowest BCUT2D eigenvalue weighted by Gasteiger charge is -2.21. The third-order valence-corrected chi connectivity index (χ3v) is 2.59. The number of rotatable bonds is 3. The molecule has 1 N–H and O–H groups in total. The molecule has 1 aromatic rings. The second-order valence-electron chi connectivity index (χ2n) is 3.16. The van der Waals surface area contributed by atoms with E-state index in [9.17, 15) is 5.11 Å². The molecule has 0 amide bonds. The van der Waals surface area contributed by atoms with E-state index in [1.165, 1.54) is 6.08 Å². The Bertz CT molecular complexity index is 421. The zero-order valence-corrected chi connectivity index (χ0v) is 9.79. The summed E-state index contributed by atoms with van der Waals surface area (Å²) in [4.78, 5) is 0. The largest absolute Gasteiger partial charge is 0.379 e. The van der Waals surface area contributed by atoms with Crippen molar-refractivity contribution in [2.24, 2.45) is 0 Å². The fourth-order valence-corrected chi connectivity index (χ4v) is 1.56. The van der Waals surface area contributed by atoms with Gasteiger partial charge in [-0.1, -0.05) is 34.6 Å². The van der Waals surface area contributed by atoms with E-state index in [2.05, 4.69) is 34.2 Å². The van der Waals surface area contributed by atoms with Crippen LogP contribution in [0.2, 0.25) is 0 Å². The predicted octanol–water partition coefficient (Wildman–Crippen LogP) is 3.00. The Labute approximate surface area is 98.3 Å². The number of aliphatic hydroxyl groups is 1. The molecule has 0 aromatic heterocycles. The highest BCUT2D eigenvalue weighted by molar-refractivity contribution is 9.10. The van der Waals surface area contributed by atoms with Crippen LogP contribution in [0.25, 0.3) is 0 Å². The number of halogens is 1. The van der Waals surface area contributed by atoms with Gasteiger partial charge in [0, 0.05) is 10.9 Å². The first-order valence-corrected chi connectivity index (χ1v) is 5.20. The summed E-state index contributed by atoms with van der Waals surface area (Å²) in [6.45, 7) is 3.45. The highest BCUT2D eigenvalue weighted by Gasteiger charge is 2.24. The zero-order chi connectivity index (χ0) is 11.3. The second kappa shape index (κ2) is 5.00. The van der Waals surface area contributed by atoms with Crippen molar-refractivity contribution in [3.05, 3.63) is 52.7 Å². The number of terminal acetylenes is 1. The molecule has 1 rings (SSSR count). The first kappa shape index (κ1) is 11.8. The van der Waals surface area contributed by atoms with Gasteiger partial charge >= 0.3 is 0 Å². The van der Waals surface area contributed by atoms with Gasteiger partial charge in [-0.3, -0.25) is 0 Å². The molecule has 0 aliphatic heterocycles. The molecule has 0 fully saturated rings. The van der Waals surface area contributed by atoms with Gasteiger partial charge in [0.2, 0.25) is 0 Å². The van der Waals surface area contributed by atoms with Crippen molar-refractivity contribution < 1.29 is 5.11 Å². The average Bonchev–Trinajstić information content (AvgIpc) is 2.19. The van der Waals surface area contributed by atoms with Crippen molar-refractivity contribution in [2.45, 2.75) is 12.0 Å². The van der Waals surface area contributed by atoms with Crippen LogP contribution in [0.4, 0.5) is 0 Å². The fourth-order valence-electron chi connectivity index (χ4n) is 1.30. The van der Waals surface area contributed by atoms with Crippen LogP contribution in [0.3, 0.4) is 0 Å². The van der Waals surface area contributed by atoms with Crippen molar-refractivity contribution in [2.75, 3.05) is 0 Å². The molecule has 0 saturated carbocycles. The normalized spacial score (nSPS) is 13.4. The van der Waals surface area contributed by atoms with E-state index in [0.29, 0.717) is 0 Å². The minimum Gasteiger partial charge on any atom is -0.379 e. The maximum Gasteiger partial charge on any atom is 0.126 e. The van der Waals surface area contributed by atoms with Gasteiger partial charge in [-0.25, -0.2) is 0 Å². The van der Waals surface area contributed by atoms with Gasteiger partial charge < -0.3 is 5.11 Å². The molecular formula is C13H11BrO. The minimum absolute atomic E-state index is 0.206. The van der Waals surface area contributed by atoms with E-state index in [1.807, 2.05) is 24.3 Å². The summed E-state index contributed by atoms with van der Waals surface area (Å²) in [6, 6.07) is 7.34. The highest BCUT2D eigenvalue weighted by Crippen LogP contribution is 2.27. The van der Waals surface area contributed by atoms with E-state index in [0.717, 1.165) is 10.0 Å². The van der Waals surface area contributed by atoms with Gasteiger partial charge in [0.1, 0.15) is 5.60 Å². The van der Waals surface area contributed by atoms with Crippen LogP contribution < -0.4 is 0 Å². The Hall–Kier alpha value is -1.26. The van der Waals surface area contributed by atoms with Gasteiger partial charge in [-0.05, 0) is 23.8 Å². The average molecular weight is 263 g/mol. The van der Waals surface area contributed by atoms with E-state index in [-0.39, 0.29) is 6.42 Å². The SMILES string of the molecule is C#CCC(O)(C=C=C)c1ccc(Br)cc1. The third-order valence-electron chi connectivity index (χ3n) is 2.06. The van der Waals surface area contributed by atoms with E-state index < -0.39 is 5.60 Å². The number of hydrogen-bond donors (Lipinski definition) is 1. The molecule has 0 aliphatic rings. The molecule has 1 atom stereocenters. The Morgan fingerprint density at radius 3 is 2.53 bits per heavy atom. The third kappa shape index (κ3) is 2.84. The Morgan fingerprint density at radius 2 is 2.07 bits per heavy atom. The molecular weight excluding hydrogens is 252 g/mol. The Morgan fingerprint density at radius 1 is 1.47 bits per heavy atom. The molecule has 2 heteroatoms. The molecule has 1 unspecified atom stereocenters. The van der Waals surface area contributed by atoms with Crippen LogP contribution in [0.1, 0.15) is 12.0 Å². The van der Waals surface area contributed by atoms with Crippen molar-refractivity contribution in [1.29, 1.82) is 0 Å². The lowest BCUT2D eigenvalue weighted by molar-refractivity contribution is 0.0955. The zero-order valence-electron chi connectivity index (χ0n) is 8.20. The van der Waals surface area contributed by atoms with Crippen molar-refractivity contribution in [3.63, 3.8) is 0 Å². The van der Waals surface area contributed by atoms with Gasteiger partial charge in [-0.2, -0.15) is 0 Å². The fraction of sp³-hybridized carbons (Fsp3) is 0.154. The summed E-state index contributed by atoms with van der Waals surface area (Å²) in [5.41, 5.74) is 2.14. The summed E-state index contributed by atoms with van der Waals surface area (Å²) in [5, 5.41) is 10.3. The summed E-state index contributed by atoms with van der Waals surface area (Å²) in [6.07, 6.45) is 6.91.